The largest absolute Gasteiger partial charge is 0.479 e. The van der Waals surface area contributed by atoms with Gasteiger partial charge >= 0.3 is 5.97 Å². The minimum absolute atomic E-state index is 0.292. The number of carbonyl (C=O) groups is 1. The molecule has 0 aliphatic carbocycles. The molecule has 1 aromatic carbocycles. The van der Waals surface area contributed by atoms with Crippen LogP contribution >= 0.6 is 0 Å². The molecular formula is C15H15FN2O3. The number of aliphatic carboxylic acids is 1. The number of aromatic nitrogens is 1. The highest BCUT2D eigenvalue weighted by Gasteiger charge is 2.26. The highest BCUT2D eigenvalue weighted by atomic mass is 19.1. The van der Waals surface area contributed by atoms with Crippen molar-refractivity contribution in [3.8, 4) is 0 Å². The molecule has 1 aromatic heterocycles. The molecule has 0 amide bonds. The number of ether oxygens (including phenoxy) is 1. The van der Waals surface area contributed by atoms with Gasteiger partial charge in [-0.3, -0.25) is 9.88 Å². The molecule has 0 spiro atoms. The second-order valence-corrected chi connectivity index (χ2v) is 5.07. The normalized spacial score (nSPS) is 19.8. The molecule has 1 aliphatic heterocycles. The van der Waals surface area contributed by atoms with E-state index in [9.17, 15) is 9.18 Å². The van der Waals surface area contributed by atoms with Crippen LogP contribution in [0.3, 0.4) is 0 Å². The lowest BCUT2D eigenvalue weighted by Gasteiger charge is -2.30. The Morgan fingerprint density at radius 3 is 3.19 bits per heavy atom. The first kappa shape index (κ1) is 13.9. The van der Waals surface area contributed by atoms with Crippen LogP contribution in [0.1, 0.15) is 5.56 Å². The molecule has 1 aliphatic rings. The van der Waals surface area contributed by atoms with E-state index in [-0.39, 0.29) is 5.82 Å². The van der Waals surface area contributed by atoms with Crippen molar-refractivity contribution in [3.63, 3.8) is 0 Å². The van der Waals surface area contributed by atoms with Crippen LogP contribution < -0.4 is 0 Å². The number of pyridine rings is 1. The molecule has 1 fully saturated rings. The lowest BCUT2D eigenvalue weighted by atomic mass is 10.1. The summed E-state index contributed by atoms with van der Waals surface area (Å²) in [5.74, 6) is -1.28. The van der Waals surface area contributed by atoms with Crippen molar-refractivity contribution in [1.82, 2.24) is 9.88 Å². The fourth-order valence-electron chi connectivity index (χ4n) is 2.58. The van der Waals surface area contributed by atoms with Gasteiger partial charge in [0.2, 0.25) is 0 Å². The van der Waals surface area contributed by atoms with E-state index in [1.807, 2.05) is 11.0 Å². The molecule has 21 heavy (non-hydrogen) atoms. The zero-order valence-electron chi connectivity index (χ0n) is 11.3. The number of morpholine rings is 1. The number of fused-ring (bicyclic) bond motifs is 1. The van der Waals surface area contributed by atoms with Crippen molar-refractivity contribution in [2.24, 2.45) is 0 Å². The van der Waals surface area contributed by atoms with Gasteiger partial charge in [-0.05, 0) is 23.8 Å². The Hall–Kier alpha value is -2.05. The predicted molar refractivity (Wildman–Crippen MR) is 74.4 cm³/mol. The zero-order chi connectivity index (χ0) is 14.8. The van der Waals surface area contributed by atoms with E-state index in [4.69, 9.17) is 9.84 Å². The van der Waals surface area contributed by atoms with Crippen LogP contribution in [0, 0.1) is 5.82 Å². The topological polar surface area (TPSA) is 62.7 Å². The Bertz CT molecular complexity index is 677. The summed E-state index contributed by atoms with van der Waals surface area (Å²) in [5.41, 5.74) is 1.51. The smallest absolute Gasteiger partial charge is 0.334 e. The Morgan fingerprint density at radius 2 is 2.38 bits per heavy atom. The predicted octanol–water partition coefficient (Wildman–Crippen LogP) is 1.66. The molecule has 0 saturated carbocycles. The van der Waals surface area contributed by atoms with Crippen LogP contribution in [0.15, 0.2) is 30.5 Å². The molecule has 2 aromatic rings. The number of hydrogen-bond acceptors (Lipinski definition) is 4. The lowest BCUT2D eigenvalue weighted by molar-refractivity contribution is -0.156. The summed E-state index contributed by atoms with van der Waals surface area (Å²) in [4.78, 5) is 17.2. The van der Waals surface area contributed by atoms with Gasteiger partial charge in [-0.1, -0.05) is 6.07 Å². The molecule has 3 rings (SSSR count). The van der Waals surface area contributed by atoms with Gasteiger partial charge in [-0.15, -0.1) is 0 Å². The van der Waals surface area contributed by atoms with Gasteiger partial charge in [-0.25, -0.2) is 9.18 Å². The number of halogens is 1. The summed E-state index contributed by atoms with van der Waals surface area (Å²) in [5, 5.41) is 9.76. The Labute approximate surface area is 121 Å². The van der Waals surface area contributed by atoms with Gasteiger partial charge in [0.05, 0.1) is 12.1 Å². The summed E-state index contributed by atoms with van der Waals surface area (Å²) in [6.45, 7) is 1.73. The molecule has 110 valence electrons. The maximum absolute atomic E-state index is 13.7. The van der Waals surface area contributed by atoms with E-state index in [0.29, 0.717) is 26.2 Å². The van der Waals surface area contributed by atoms with Gasteiger partial charge in [0.1, 0.15) is 5.82 Å². The third kappa shape index (κ3) is 3.01. The van der Waals surface area contributed by atoms with Crippen molar-refractivity contribution >= 4 is 16.9 Å². The molecule has 0 bridgehead atoms. The minimum atomic E-state index is -0.970. The summed E-state index contributed by atoms with van der Waals surface area (Å²) < 4.78 is 18.9. The van der Waals surface area contributed by atoms with Crippen LogP contribution in [-0.4, -0.2) is 46.8 Å². The molecule has 1 saturated heterocycles. The molecule has 2 heterocycles. The second-order valence-electron chi connectivity index (χ2n) is 5.07. The van der Waals surface area contributed by atoms with Gasteiger partial charge in [0.25, 0.3) is 0 Å². The summed E-state index contributed by atoms with van der Waals surface area (Å²) >= 11 is 0. The minimum Gasteiger partial charge on any atom is -0.479 e. The third-order valence-corrected chi connectivity index (χ3v) is 3.57. The number of carboxylic acid groups (broad SMARTS) is 1. The van der Waals surface area contributed by atoms with Crippen molar-refractivity contribution in [3.05, 3.63) is 41.8 Å². The first-order valence-electron chi connectivity index (χ1n) is 6.73. The quantitative estimate of drug-likeness (QED) is 0.931. The summed E-state index contributed by atoms with van der Waals surface area (Å²) in [7, 11) is 0. The number of nitrogens with zero attached hydrogens (tertiary/aromatic N) is 2. The summed E-state index contributed by atoms with van der Waals surface area (Å²) in [6.07, 6.45) is 0.842. The van der Waals surface area contributed by atoms with E-state index in [0.717, 1.165) is 16.5 Å². The fourth-order valence-corrected chi connectivity index (χ4v) is 2.58. The van der Waals surface area contributed by atoms with Crippen LogP contribution in [0.25, 0.3) is 10.9 Å². The second kappa shape index (κ2) is 5.75. The number of benzene rings is 1. The van der Waals surface area contributed by atoms with Crippen LogP contribution in [0.2, 0.25) is 0 Å². The van der Waals surface area contributed by atoms with Gasteiger partial charge in [0.15, 0.2) is 6.10 Å². The monoisotopic (exact) mass is 290 g/mol. The van der Waals surface area contributed by atoms with E-state index in [1.165, 1.54) is 12.1 Å². The zero-order valence-corrected chi connectivity index (χ0v) is 11.3. The van der Waals surface area contributed by atoms with Gasteiger partial charge in [0, 0.05) is 31.2 Å². The molecule has 1 N–H and O–H groups in total. The molecule has 6 heteroatoms. The molecule has 1 unspecified atom stereocenters. The Kier molecular flexibility index (Phi) is 3.81. The van der Waals surface area contributed by atoms with Gasteiger partial charge < -0.3 is 9.84 Å². The van der Waals surface area contributed by atoms with Crippen molar-refractivity contribution in [2.45, 2.75) is 12.6 Å². The van der Waals surface area contributed by atoms with Gasteiger partial charge in [-0.2, -0.15) is 0 Å². The summed E-state index contributed by atoms with van der Waals surface area (Å²) in [6, 6.07) is 6.49. The average Bonchev–Trinajstić information content (AvgIpc) is 2.47. The van der Waals surface area contributed by atoms with Crippen LogP contribution in [0.5, 0.6) is 0 Å². The van der Waals surface area contributed by atoms with Crippen LogP contribution in [-0.2, 0) is 16.1 Å². The van der Waals surface area contributed by atoms with Crippen molar-refractivity contribution in [1.29, 1.82) is 0 Å². The maximum atomic E-state index is 13.7. The third-order valence-electron chi connectivity index (χ3n) is 3.57. The average molecular weight is 290 g/mol. The molecule has 5 nitrogen and oxygen atoms in total. The maximum Gasteiger partial charge on any atom is 0.334 e. The van der Waals surface area contributed by atoms with Crippen molar-refractivity contribution in [2.75, 3.05) is 19.7 Å². The highest BCUT2D eigenvalue weighted by molar-refractivity contribution is 5.81. The number of hydrogen-bond donors (Lipinski definition) is 1. The molecular weight excluding hydrogens is 275 g/mol. The fraction of sp³-hybridized carbons (Fsp3) is 0.333. The van der Waals surface area contributed by atoms with E-state index in [1.54, 1.807) is 12.3 Å². The van der Waals surface area contributed by atoms with E-state index >= 15 is 0 Å². The van der Waals surface area contributed by atoms with E-state index < -0.39 is 12.1 Å². The number of rotatable bonds is 3. The molecule has 0 radical (unpaired) electrons. The standard InChI is InChI=1S/C15H15FN2O3/c16-12-6-10-2-1-3-17-14(10)11(7-12)8-18-4-5-21-13(9-18)15(19)20/h1-3,6-7,13H,4-5,8-9H2,(H,19,20). The van der Waals surface area contributed by atoms with Crippen molar-refractivity contribution < 1.29 is 19.0 Å². The highest BCUT2D eigenvalue weighted by Crippen LogP contribution is 2.21. The SMILES string of the molecule is O=C(O)C1CN(Cc2cc(F)cc3cccnc23)CCO1. The first-order valence-corrected chi connectivity index (χ1v) is 6.73. The van der Waals surface area contributed by atoms with Crippen LogP contribution in [0.4, 0.5) is 4.39 Å². The lowest BCUT2D eigenvalue weighted by Crippen LogP contribution is -2.45. The van der Waals surface area contributed by atoms with E-state index in [2.05, 4.69) is 4.98 Å². The Balaban J connectivity index is 1.86. The first-order chi connectivity index (χ1) is 10.1. The number of carboxylic acids is 1. The Morgan fingerprint density at radius 1 is 1.52 bits per heavy atom. The molecule has 1 atom stereocenters.